The van der Waals surface area contributed by atoms with Crippen LogP contribution in [0.5, 0.6) is 5.75 Å². The van der Waals surface area contributed by atoms with Crippen LogP contribution in [0, 0.1) is 10.1 Å². The van der Waals surface area contributed by atoms with Gasteiger partial charge in [0.05, 0.1) is 24.0 Å². The average Bonchev–Trinajstić information content (AvgIpc) is 2.60. The van der Waals surface area contributed by atoms with Crippen LogP contribution in [-0.4, -0.2) is 23.8 Å². The van der Waals surface area contributed by atoms with Crippen molar-refractivity contribution in [3.05, 3.63) is 68.7 Å². The van der Waals surface area contributed by atoms with E-state index in [4.69, 9.17) is 16.3 Å². The Kier molecular flexibility index (Phi) is 5.91. The lowest BCUT2D eigenvalue weighted by Gasteiger charge is -2.11. The molecule has 0 aliphatic rings. The molecule has 25 heavy (non-hydrogen) atoms. The second kappa shape index (κ2) is 8.11. The number of halogens is 1. The molecule has 0 spiro atoms. The van der Waals surface area contributed by atoms with Crippen LogP contribution in [-0.2, 0) is 11.2 Å². The fraction of sp³-hybridized carbons (Fsp3) is 0.125. The molecule has 0 saturated carbocycles. The Labute approximate surface area is 147 Å². The third-order valence-electron chi connectivity index (χ3n) is 3.26. The smallest absolute Gasteiger partial charge is 0.273 e. The van der Waals surface area contributed by atoms with Crippen molar-refractivity contribution in [2.24, 2.45) is 0 Å². The second-order valence-electron chi connectivity index (χ2n) is 4.91. The summed E-state index contributed by atoms with van der Waals surface area (Å²) < 4.78 is 5.06. The first-order valence-electron chi connectivity index (χ1n) is 7.07. The van der Waals surface area contributed by atoms with Gasteiger partial charge in [0.15, 0.2) is 0 Å². The zero-order valence-corrected chi connectivity index (χ0v) is 13.9. The van der Waals surface area contributed by atoms with E-state index >= 15 is 0 Å². The molecule has 0 bridgehead atoms. The Bertz CT molecular complexity index is 825. The summed E-state index contributed by atoms with van der Waals surface area (Å²) >= 11 is 5.85. The van der Waals surface area contributed by atoms with Gasteiger partial charge in [0.1, 0.15) is 5.75 Å². The Morgan fingerprint density at radius 1 is 1.20 bits per heavy atom. The first-order valence-corrected chi connectivity index (χ1v) is 7.45. The summed E-state index contributed by atoms with van der Waals surface area (Å²) in [6.07, 6.45) is -0.260. The van der Waals surface area contributed by atoms with Crippen LogP contribution in [0.25, 0.3) is 0 Å². The largest absolute Gasteiger partial charge is 0.496 e. The van der Waals surface area contributed by atoms with Crippen LogP contribution in [0.1, 0.15) is 15.9 Å². The lowest BCUT2D eigenvalue weighted by atomic mass is 10.1. The number of nitrogens with one attached hydrogen (secondary N) is 2. The van der Waals surface area contributed by atoms with Gasteiger partial charge in [-0.2, -0.15) is 0 Å². The number of carbonyl (C=O) groups excluding carboxylic acids is 2. The van der Waals surface area contributed by atoms with Crippen LogP contribution < -0.4 is 15.6 Å². The molecule has 0 aliphatic heterocycles. The van der Waals surface area contributed by atoms with Crippen molar-refractivity contribution in [2.45, 2.75) is 6.42 Å². The van der Waals surface area contributed by atoms with Crippen LogP contribution in [0.2, 0.25) is 5.02 Å². The number of nitro benzene ring substituents is 1. The molecule has 2 aromatic carbocycles. The Balaban J connectivity index is 2.02. The summed E-state index contributed by atoms with van der Waals surface area (Å²) in [7, 11) is 1.40. The normalized spacial score (nSPS) is 10.0. The highest BCUT2D eigenvalue weighted by molar-refractivity contribution is 6.31. The van der Waals surface area contributed by atoms with E-state index in [0.717, 1.165) is 0 Å². The van der Waals surface area contributed by atoms with Crippen molar-refractivity contribution < 1.29 is 19.2 Å². The van der Waals surface area contributed by atoms with E-state index in [1.807, 2.05) is 0 Å². The maximum atomic E-state index is 12.1. The topological polar surface area (TPSA) is 111 Å². The molecule has 0 unspecified atom stereocenters. The van der Waals surface area contributed by atoms with Gasteiger partial charge in [0.25, 0.3) is 11.6 Å². The van der Waals surface area contributed by atoms with Crippen LogP contribution in [0.3, 0.4) is 0 Å². The summed E-state index contributed by atoms with van der Waals surface area (Å²) in [5, 5.41) is 11.3. The molecule has 0 radical (unpaired) electrons. The highest BCUT2D eigenvalue weighted by atomic mass is 35.5. The maximum Gasteiger partial charge on any atom is 0.273 e. The molecule has 0 heterocycles. The van der Waals surface area contributed by atoms with E-state index in [2.05, 4.69) is 10.9 Å². The monoisotopic (exact) mass is 363 g/mol. The predicted octanol–water partition coefficient (Wildman–Crippen LogP) is 2.26. The fourth-order valence-corrected chi connectivity index (χ4v) is 2.28. The zero-order valence-electron chi connectivity index (χ0n) is 13.1. The van der Waals surface area contributed by atoms with Gasteiger partial charge in [-0.15, -0.1) is 0 Å². The quantitative estimate of drug-likeness (QED) is 0.625. The van der Waals surface area contributed by atoms with Gasteiger partial charge in [-0.25, -0.2) is 0 Å². The fourth-order valence-electron chi connectivity index (χ4n) is 2.11. The van der Waals surface area contributed by atoms with Gasteiger partial charge in [-0.1, -0.05) is 29.8 Å². The van der Waals surface area contributed by atoms with E-state index in [9.17, 15) is 19.7 Å². The van der Waals surface area contributed by atoms with E-state index in [-0.39, 0.29) is 29.0 Å². The molecule has 2 N–H and O–H groups in total. The number of methoxy groups -OCH3 is 1. The predicted molar refractivity (Wildman–Crippen MR) is 90.4 cm³/mol. The SMILES string of the molecule is COc1ccc(Cl)cc1C(=O)NNC(=O)Cc1ccccc1[N+](=O)[O-]. The van der Waals surface area contributed by atoms with Gasteiger partial charge in [0, 0.05) is 16.7 Å². The molecule has 2 amide bonds. The highest BCUT2D eigenvalue weighted by Crippen LogP contribution is 2.22. The number of nitro groups is 1. The van der Waals surface area contributed by atoms with Gasteiger partial charge in [0.2, 0.25) is 5.91 Å². The summed E-state index contributed by atoms with van der Waals surface area (Å²) in [6.45, 7) is 0. The molecule has 2 aromatic rings. The van der Waals surface area contributed by atoms with Crippen LogP contribution in [0.4, 0.5) is 5.69 Å². The van der Waals surface area contributed by atoms with Crippen LogP contribution >= 0.6 is 11.6 Å². The molecule has 8 nitrogen and oxygen atoms in total. The van der Waals surface area contributed by atoms with Crippen molar-refractivity contribution in [3.63, 3.8) is 0 Å². The minimum atomic E-state index is -0.629. The number of rotatable bonds is 5. The average molecular weight is 364 g/mol. The lowest BCUT2D eigenvalue weighted by molar-refractivity contribution is -0.385. The van der Waals surface area contributed by atoms with Crippen molar-refractivity contribution in [1.82, 2.24) is 10.9 Å². The van der Waals surface area contributed by atoms with Crippen molar-refractivity contribution in [1.29, 1.82) is 0 Å². The number of hydrazine groups is 1. The number of para-hydroxylation sites is 1. The molecule has 0 atom stereocenters. The molecule has 0 aromatic heterocycles. The number of nitrogens with zero attached hydrogens (tertiary/aromatic N) is 1. The molecule has 0 aliphatic carbocycles. The molecular weight excluding hydrogens is 350 g/mol. The molecule has 0 saturated heterocycles. The summed E-state index contributed by atoms with van der Waals surface area (Å²) in [5.41, 5.74) is 4.64. The summed E-state index contributed by atoms with van der Waals surface area (Å²) in [6, 6.07) is 10.3. The molecule has 2 rings (SSSR count). The van der Waals surface area contributed by atoms with E-state index in [1.165, 1.54) is 37.4 Å². The molecule has 9 heteroatoms. The Hall–Kier alpha value is -3.13. The Morgan fingerprint density at radius 2 is 1.92 bits per heavy atom. The summed E-state index contributed by atoms with van der Waals surface area (Å²) in [5.74, 6) is -0.950. The lowest BCUT2D eigenvalue weighted by Crippen LogP contribution is -2.42. The minimum absolute atomic E-state index is 0.140. The maximum absolute atomic E-state index is 12.1. The molecule has 130 valence electrons. The van der Waals surface area contributed by atoms with Gasteiger partial charge >= 0.3 is 0 Å². The number of amides is 2. The van der Waals surface area contributed by atoms with Gasteiger partial charge in [-0.05, 0) is 18.2 Å². The number of benzene rings is 2. The van der Waals surface area contributed by atoms with Crippen molar-refractivity contribution in [3.8, 4) is 5.75 Å². The minimum Gasteiger partial charge on any atom is -0.496 e. The first-order chi connectivity index (χ1) is 11.9. The number of hydrogen-bond acceptors (Lipinski definition) is 5. The number of carbonyl (C=O) groups is 2. The van der Waals surface area contributed by atoms with Gasteiger partial charge < -0.3 is 4.74 Å². The van der Waals surface area contributed by atoms with Gasteiger partial charge in [-0.3, -0.25) is 30.6 Å². The highest BCUT2D eigenvalue weighted by Gasteiger charge is 2.17. The van der Waals surface area contributed by atoms with E-state index in [1.54, 1.807) is 12.1 Å². The molecular formula is C16H14ClN3O5. The first kappa shape index (κ1) is 18.2. The number of hydrogen-bond donors (Lipinski definition) is 2. The second-order valence-corrected chi connectivity index (χ2v) is 5.35. The zero-order chi connectivity index (χ0) is 18.4. The number of ether oxygens (including phenoxy) is 1. The van der Waals surface area contributed by atoms with E-state index < -0.39 is 16.7 Å². The van der Waals surface area contributed by atoms with E-state index in [0.29, 0.717) is 5.02 Å². The standard InChI is InChI=1S/C16H14ClN3O5/c1-25-14-7-6-11(17)9-12(14)16(22)19-18-15(21)8-10-4-2-3-5-13(10)20(23)24/h2-7,9H,8H2,1H3,(H,18,21)(H,19,22). The third-order valence-corrected chi connectivity index (χ3v) is 3.50. The summed E-state index contributed by atoms with van der Waals surface area (Å²) in [4.78, 5) is 34.4. The van der Waals surface area contributed by atoms with Crippen LogP contribution in [0.15, 0.2) is 42.5 Å². The Morgan fingerprint density at radius 3 is 2.60 bits per heavy atom. The third kappa shape index (κ3) is 4.67. The van der Waals surface area contributed by atoms with Crippen molar-refractivity contribution in [2.75, 3.05) is 7.11 Å². The molecule has 0 fully saturated rings. The van der Waals surface area contributed by atoms with Crippen molar-refractivity contribution >= 4 is 29.1 Å².